The molecule has 1 aliphatic carbocycles. The summed E-state index contributed by atoms with van der Waals surface area (Å²) in [7, 11) is 5.08. The Bertz CT molecular complexity index is 264. The first-order valence-corrected chi connectivity index (χ1v) is 5.47. The summed E-state index contributed by atoms with van der Waals surface area (Å²) >= 11 is 0. The van der Waals surface area contributed by atoms with Crippen molar-refractivity contribution in [2.75, 3.05) is 34.2 Å². The van der Waals surface area contributed by atoms with Gasteiger partial charge in [-0.2, -0.15) is 0 Å². The van der Waals surface area contributed by atoms with E-state index in [2.05, 4.69) is 10.6 Å². The molecule has 0 saturated heterocycles. The highest BCUT2D eigenvalue weighted by atomic mass is 16.2. The van der Waals surface area contributed by atoms with Gasteiger partial charge in [-0.15, -0.1) is 0 Å². The number of nitrogens with one attached hydrogen (secondary N) is 2. The molecule has 0 aromatic rings. The van der Waals surface area contributed by atoms with E-state index in [-0.39, 0.29) is 12.1 Å². The van der Waals surface area contributed by atoms with Gasteiger partial charge in [0.15, 0.2) is 0 Å². The molecule has 0 unspecified atom stereocenters. The van der Waals surface area contributed by atoms with E-state index >= 15 is 0 Å². The van der Waals surface area contributed by atoms with Gasteiger partial charge in [0, 0.05) is 40.3 Å². The second-order valence-corrected chi connectivity index (χ2v) is 4.27. The van der Waals surface area contributed by atoms with Crippen molar-refractivity contribution in [1.82, 2.24) is 20.4 Å². The average molecular weight is 228 g/mol. The highest BCUT2D eigenvalue weighted by molar-refractivity contribution is 5.75. The lowest BCUT2D eigenvalue weighted by Crippen LogP contribution is -2.44. The van der Waals surface area contributed by atoms with Crippen LogP contribution >= 0.6 is 0 Å². The quantitative estimate of drug-likeness (QED) is 0.714. The first-order valence-electron chi connectivity index (χ1n) is 5.47. The average Bonchev–Trinajstić information content (AvgIpc) is 3.00. The highest BCUT2D eigenvalue weighted by Crippen LogP contribution is 2.18. The van der Waals surface area contributed by atoms with E-state index in [0.29, 0.717) is 19.1 Å². The molecule has 6 heteroatoms. The Labute approximate surface area is 96.0 Å². The van der Waals surface area contributed by atoms with Crippen LogP contribution in [0.15, 0.2) is 0 Å². The SMILES string of the molecule is CN(C)C(=O)NCCN(C)C(=O)NC1CC1. The lowest BCUT2D eigenvalue weighted by Gasteiger charge is -2.19. The van der Waals surface area contributed by atoms with Crippen molar-refractivity contribution < 1.29 is 9.59 Å². The molecule has 0 atom stereocenters. The minimum atomic E-state index is -0.143. The molecule has 1 fully saturated rings. The van der Waals surface area contributed by atoms with E-state index in [9.17, 15) is 9.59 Å². The third-order valence-corrected chi connectivity index (χ3v) is 2.38. The second kappa shape index (κ2) is 5.58. The van der Waals surface area contributed by atoms with Gasteiger partial charge in [0.05, 0.1) is 0 Å². The fourth-order valence-electron chi connectivity index (χ4n) is 1.10. The van der Waals surface area contributed by atoms with Crippen molar-refractivity contribution in [2.24, 2.45) is 0 Å². The van der Waals surface area contributed by atoms with Gasteiger partial charge >= 0.3 is 12.1 Å². The first kappa shape index (κ1) is 12.6. The molecular weight excluding hydrogens is 208 g/mol. The first-order chi connectivity index (χ1) is 7.50. The molecule has 0 aromatic carbocycles. The van der Waals surface area contributed by atoms with Crippen molar-refractivity contribution in [3.05, 3.63) is 0 Å². The largest absolute Gasteiger partial charge is 0.336 e. The van der Waals surface area contributed by atoms with Crippen molar-refractivity contribution in [3.63, 3.8) is 0 Å². The fraction of sp³-hybridized carbons (Fsp3) is 0.800. The number of likely N-dealkylation sites (N-methyl/N-ethyl adjacent to an activating group) is 1. The van der Waals surface area contributed by atoms with E-state index < -0.39 is 0 Å². The molecule has 0 aliphatic heterocycles. The molecule has 6 nitrogen and oxygen atoms in total. The van der Waals surface area contributed by atoms with Gasteiger partial charge in [0.2, 0.25) is 0 Å². The van der Waals surface area contributed by atoms with Gasteiger partial charge in [-0.3, -0.25) is 0 Å². The number of rotatable bonds is 4. The number of nitrogens with zero attached hydrogens (tertiary/aromatic N) is 2. The van der Waals surface area contributed by atoms with Crippen LogP contribution in [0.4, 0.5) is 9.59 Å². The van der Waals surface area contributed by atoms with Crippen molar-refractivity contribution in [3.8, 4) is 0 Å². The Morgan fingerprint density at radius 3 is 2.31 bits per heavy atom. The molecule has 16 heavy (non-hydrogen) atoms. The summed E-state index contributed by atoms with van der Waals surface area (Å²) in [5.74, 6) is 0. The molecule has 4 amide bonds. The summed E-state index contributed by atoms with van der Waals surface area (Å²) < 4.78 is 0. The van der Waals surface area contributed by atoms with E-state index in [1.54, 1.807) is 26.0 Å². The molecule has 92 valence electrons. The number of urea groups is 2. The molecule has 0 radical (unpaired) electrons. The molecule has 1 rings (SSSR count). The van der Waals surface area contributed by atoms with E-state index in [4.69, 9.17) is 0 Å². The lowest BCUT2D eigenvalue weighted by molar-refractivity contribution is 0.203. The van der Waals surface area contributed by atoms with Crippen molar-refractivity contribution >= 4 is 12.1 Å². The maximum Gasteiger partial charge on any atom is 0.317 e. The minimum absolute atomic E-state index is 0.0680. The predicted molar refractivity (Wildman–Crippen MR) is 61.3 cm³/mol. The van der Waals surface area contributed by atoms with E-state index in [1.165, 1.54) is 4.90 Å². The molecule has 0 heterocycles. The van der Waals surface area contributed by atoms with Gasteiger partial charge in [-0.25, -0.2) is 9.59 Å². The monoisotopic (exact) mass is 228 g/mol. The Morgan fingerprint density at radius 1 is 1.19 bits per heavy atom. The normalized spacial score (nSPS) is 14.2. The Morgan fingerprint density at radius 2 is 1.81 bits per heavy atom. The third-order valence-electron chi connectivity index (χ3n) is 2.38. The van der Waals surface area contributed by atoms with Crippen LogP contribution in [0.5, 0.6) is 0 Å². The minimum Gasteiger partial charge on any atom is -0.336 e. The maximum atomic E-state index is 11.5. The predicted octanol–water partition coefficient (Wildman–Crippen LogP) is 0.0614. The molecule has 1 aliphatic rings. The molecule has 2 N–H and O–H groups in total. The number of carbonyl (C=O) groups excluding carboxylic acids is 2. The Kier molecular flexibility index (Phi) is 4.39. The molecule has 0 bridgehead atoms. The van der Waals surface area contributed by atoms with Crippen LogP contribution in [0, 0.1) is 0 Å². The third kappa shape index (κ3) is 4.37. The molecular formula is C10H20N4O2. The summed E-state index contributed by atoms with van der Waals surface area (Å²) in [4.78, 5) is 25.7. The van der Waals surface area contributed by atoms with Crippen LogP contribution in [0.2, 0.25) is 0 Å². The number of hydrogen-bond donors (Lipinski definition) is 2. The van der Waals surface area contributed by atoms with Gasteiger partial charge < -0.3 is 20.4 Å². The van der Waals surface area contributed by atoms with Crippen LogP contribution in [0.1, 0.15) is 12.8 Å². The maximum absolute atomic E-state index is 11.5. The lowest BCUT2D eigenvalue weighted by atomic mass is 10.5. The van der Waals surface area contributed by atoms with Gasteiger partial charge in [-0.1, -0.05) is 0 Å². The molecule has 0 spiro atoms. The van der Waals surface area contributed by atoms with Crippen LogP contribution < -0.4 is 10.6 Å². The van der Waals surface area contributed by atoms with Gasteiger partial charge in [0.25, 0.3) is 0 Å². The zero-order valence-electron chi connectivity index (χ0n) is 10.1. The number of amides is 4. The standard InChI is InChI=1S/C10H20N4O2/c1-13(2)9(15)11-6-7-14(3)10(16)12-8-4-5-8/h8H,4-7H2,1-3H3,(H,11,15)(H,12,16). The topological polar surface area (TPSA) is 64.7 Å². The van der Waals surface area contributed by atoms with Crippen LogP contribution in [-0.2, 0) is 0 Å². The number of carbonyl (C=O) groups is 2. The number of hydrogen-bond acceptors (Lipinski definition) is 2. The smallest absolute Gasteiger partial charge is 0.317 e. The van der Waals surface area contributed by atoms with Crippen LogP contribution in [-0.4, -0.2) is 62.1 Å². The van der Waals surface area contributed by atoms with E-state index in [1.807, 2.05) is 0 Å². The summed E-state index contributed by atoms with van der Waals surface area (Å²) in [6.07, 6.45) is 2.16. The Hall–Kier alpha value is -1.46. The van der Waals surface area contributed by atoms with Crippen molar-refractivity contribution in [1.29, 1.82) is 0 Å². The van der Waals surface area contributed by atoms with Gasteiger partial charge in [0.1, 0.15) is 0 Å². The van der Waals surface area contributed by atoms with Crippen molar-refractivity contribution in [2.45, 2.75) is 18.9 Å². The highest BCUT2D eigenvalue weighted by Gasteiger charge is 2.24. The van der Waals surface area contributed by atoms with Crippen LogP contribution in [0.3, 0.4) is 0 Å². The summed E-state index contributed by atoms with van der Waals surface area (Å²) in [6.45, 7) is 0.976. The summed E-state index contributed by atoms with van der Waals surface area (Å²) in [6, 6.07) is 0.156. The summed E-state index contributed by atoms with van der Waals surface area (Å²) in [5, 5.41) is 5.58. The van der Waals surface area contributed by atoms with Crippen LogP contribution in [0.25, 0.3) is 0 Å². The molecule has 1 saturated carbocycles. The molecule has 0 aromatic heterocycles. The van der Waals surface area contributed by atoms with E-state index in [0.717, 1.165) is 12.8 Å². The zero-order valence-corrected chi connectivity index (χ0v) is 10.1. The zero-order chi connectivity index (χ0) is 12.1. The summed E-state index contributed by atoms with van der Waals surface area (Å²) in [5.41, 5.74) is 0. The Balaban J connectivity index is 2.11. The second-order valence-electron chi connectivity index (χ2n) is 4.27. The fourth-order valence-corrected chi connectivity index (χ4v) is 1.10. The van der Waals surface area contributed by atoms with Gasteiger partial charge in [-0.05, 0) is 12.8 Å².